The lowest BCUT2D eigenvalue weighted by Crippen LogP contribution is -2.05. The molecule has 0 aliphatic carbocycles. The highest BCUT2D eigenvalue weighted by atomic mass is 35.5. The fraction of sp³-hybridized carbons (Fsp3) is 0.333. The van der Waals surface area contributed by atoms with Gasteiger partial charge in [-0.3, -0.25) is 0 Å². The second kappa shape index (κ2) is 6.68. The Balaban J connectivity index is 2.45. The molecule has 0 fully saturated rings. The minimum atomic E-state index is 0.381. The van der Waals surface area contributed by atoms with E-state index in [2.05, 4.69) is 15.3 Å². The summed E-state index contributed by atoms with van der Waals surface area (Å²) in [4.78, 5) is 8.91. The molecule has 0 saturated heterocycles. The Morgan fingerprint density at radius 3 is 2.70 bits per heavy atom. The molecule has 1 heterocycles. The van der Waals surface area contributed by atoms with E-state index in [1.54, 1.807) is 7.11 Å². The quantitative estimate of drug-likeness (QED) is 0.913. The van der Waals surface area contributed by atoms with E-state index in [0.717, 1.165) is 34.2 Å². The average Bonchev–Trinajstić information content (AvgIpc) is 2.42. The van der Waals surface area contributed by atoms with Gasteiger partial charge in [0.15, 0.2) is 5.82 Å². The first-order valence-corrected chi connectivity index (χ1v) is 6.89. The maximum atomic E-state index is 6.18. The van der Waals surface area contributed by atoms with Gasteiger partial charge in [-0.1, -0.05) is 23.7 Å². The zero-order valence-electron chi connectivity index (χ0n) is 11.9. The van der Waals surface area contributed by atoms with Gasteiger partial charge in [0.25, 0.3) is 0 Å². The fourth-order valence-corrected chi connectivity index (χ4v) is 2.04. The second-order valence-corrected chi connectivity index (χ2v) is 4.89. The van der Waals surface area contributed by atoms with E-state index in [1.165, 1.54) is 0 Å². The molecule has 2 aromatic rings. The lowest BCUT2D eigenvalue weighted by Gasteiger charge is -2.09. The summed E-state index contributed by atoms with van der Waals surface area (Å²) in [6.45, 7) is 5.19. The standard InChI is InChI=1S/C15H18ClN3O/c1-4-17-14-8-13(18-15(19-14)9-20-3)11-6-5-10(2)12(16)7-11/h5-8H,4,9H2,1-3H3,(H,17,18,19). The number of benzene rings is 1. The molecule has 2 rings (SSSR count). The van der Waals surface area contributed by atoms with E-state index in [1.807, 2.05) is 38.1 Å². The molecular formula is C15H18ClN3O. The van der Waals surface area contributed by atoms with Crippen molar-refractivity contribution in [2.45, 2.75) is 20.5 Å². The van der Waals surface area contributed by atoms with Gasteiger partial charge in [-0.15, -0.1) is 0 Å². The normalized spacial score (nSPS) is 10.6. The monoisotopic (exact) mass is 291 g/mol. The van der Waals surface area contributed by atoms with Gasteiger partial charge in [-0.25, -0.2) is 9.97 Å². The molecule has 20 heavy (non-hydrogen) atoms. The molecule has 106 valence electrons. The molecule has 0 aliphatic heterocycles. The van der Waals surface area contributed by atoms with Gasteiger partial charge < -0.3 is 10.1 Å². The summed E-state index contributed by atoms with van der Waals surface area (Å²) in [7, 11) is 1.63. The van der Waals surface area contributed by atoms with Gasteiger partial charge in [-0.05, 0) is 25.5 Å². The van der Waals surface area contributed by atoms with Gasteiger partial charge in [0.1, 0.15) is 12.4 Å². The lowest BCUT2D eigenvalue weighted by atomic mass is 10.1. The topological polar surface area (TPSA) is 47.0 Å². The minimum Gasteiger partial charge on any atom is -0.377 e. The van der Waals surface area contributed by atoms with Crippen molar-refractivity contribution in [1.29, 1.82) is 0 Å². The maximum Gasteiger partial charge on any atom is 0.157 e. The molecule has 1 aromatic heterocycles. The molecule has 0 unspecified atom stereocenters. The van der Waals surface area contributed by atoms with Crippen molar-refractivity contribution in [1.82, 2.24) is 9.97 Å². The van der Waals surface area contributed by atoms with Crippen LogP contribution in [-0.2, 0) is 11.3 Å². The number of nitrogens with zero attached hydrogens (tertiary/aromatic N) is 2. The molecule has 0 saturated carbocycles. The van der Waals surface area contributed by atoms with Crippen LogP contribution in [0, 0.1) is 6.92 Å². The Labute approximate surface area is 124 Å². The first-order valence-electron chi connectivity index (χ1n) is 6.51. The number of aryl methyl sites for hydroxylation is 1. The van der Waals surface area contributed by atoms with Gasteiger partial charge in [0, 0.05) is 30.3 Å². The zero-order chi connectivity index (χ0) is 14.5. The molecule has 5 heteroatoms. The number of hydrogen-bond acceptors (Lipinski definition) is 4. The summed E-state index contributed by atoms with van der Waals surface area (Å²) in [5, 5.41) is 3.94. The van der Waals surface area contributed by atoms with Crippen LogP contribution < -0.4 is 5.32 Å². The molecule has 0 atom stereocenters. The highest BCUT2D eigenvalue weighted by Gasteiger charge is 2.08. The molecule has 0 amide bonds. The van der Waals surface area contributed by atoms with Gasteiger partial charge >= 0.3 is 0 Å². The van der Waals surface area contributed by atoms with E-state index in [-0.39, 0.29) is 0 Å². The Morgan fingerprint density at radius 1 is 1.25 bits per heavy atom. The fourth-order valence-electron chi connectivity index (χ4n) is 1.86. The minimum absolute atomic E-state index is 0.381. The average molecular weight is 292 g/mol. The summed E-state index contributed by atoms with van der Waals surface area (Å²) < 4.78 is 5.12. The third-order valence-corrected chi connectivity index (χ3v) is 3.28. The molecular weight excluding hydrogens is 274 g/mol. The van der Waals surface area contributed by atoms with E-state index < -0.39 is 0 Å². The molecule has 4 nitrogen and oxygen atoms in total. The predicted molar refractivity (Wildman–Crippen MR) is 82.1 cm³/mol. The number of methoxy groups -OCH3 is 1. The molecule has 0 bridgehead atoms. The molecule has 1 N–H and O–H groups in total. The number of aromatic nitrogens is 2. The van der Waals surface area contributed by atoms with E-state index in [9.17, 15) is 0 Å². The third kappa shape index (κ3) is 3.46. The van der Waals surface area contributed by atoms with Crippen molar-refractivity contribution >= 4 is 17.4 Å². The van der Waals surface area contributed by atoms with Crippen LogP contribution in [0.2, 0.25) is 5.02 Å². The van der Waals surface area contributed by atoms with Crippen molar-refractivity contribution in [3.8, 4) is 11.3 Å². The Morgan fingerprint density at radius 2 is 2.05 bits per heavy atom. The van der Waals surface area contributed by atoms with E-state index >= 15 is 0 Å². The number of rotatable bonds is 5. The highest BCUT2D eigenvalue weighted by molar-refractivity contribution is 6.31. The first-order chi connectivity index (χ1) is 9.63. The van der Waals surface area contributed by atoms with Crippen molar-refractivity contribution in [3.63, 3.8) is 0 Å². The SMILES string of the molecule is CCNc1cc(-c2ccc(C)c(Cl)c2)nc(COC)n1. The van der Waals surface area contributed by atoms with E-state index in [4.69, 9.17) is 16.3 Å². The van der Waals surface area contributed by atoms with Crippen LogP contribution in [0.4, 0.5) is 5.82 Å². The van der Waals surface area contributed by atoms with Crippen LogP contribution >= 0.6 is 11.6 Å². The van der Waals surface area contributed by atoms with Crippen LogP contribution in [-0.4, -0.2) is 23.6 Å². The molecule has 1 aromatic carbocycles. The summed E-state index contributed by atoms with van der Waals surface area (Å²) in [6, 6.07) is 7.84. The summed E-state index contributed by atoms with van der Waals surface area (Å²) >= 11 is 6.18. The Bertz CT molecular complexity index is 577. The van der Waals surface area contributed by atoms with Crippen molar-refractivity contribution in [2.24, 2.45) is 0 Å². The maximum absolute atomic E-state index is 6.18. The van der Waals surface area contributed by atoms with Crippen molar-refractivity contribution in [2.75, 3.05) is 19.0 Å². The number of halogens is 1. The number of hydrogen-bond donors (Lipinski definition) is 1. The number of ether oxygens (including phenoxy) is 1. The molecule has 0 spiro atoms. The van der Waals surface area contributed by atoms with Crippen LogP contribution in [0.5, 0.6) is 0 Å². The predicted octanol–water partition coefficient (Wildman–Crippen LogP) is 3.68. The van der Waals surface area contributed by atoms with Crippen LogP contribution in [0.3, 0.4) is 0 Å². The highest BCUT2D eigenvalue weighted by Crippen LogP contribution is 2.25. The summed E-state index contributed by atoms with van der Waals surface area (Å²) in [5.74, 6) is 1.44. The van der Waals surface area contributed by atoms with Crippen molar-refractivity contribution in [3.05, 3.63) is 40.7 Å². The Hall–Kier alpha value is -1.65. The number of nitrogens with one attached hydrogen (secondary N) is 1. The van der Waals surface area contributed by atoms with Crippen LogP contribution in [0.25, 0.3) is 11.3 Å². The zero-order valence-corrected chi connectivity index (χ0v) is 12.7. The molecule has 0 aliphatic rings. The molecule has 0 radical (unpaired) electrons. The van der Waals surface area contributed by atoms with Gasteiger partial charge in [-0.2, -0.15) is 0 Å². The van der Waals surface area contributed by atoms with Crippen LogP contribution in [0.1, 0.15) is 18.3 Å². The van der Waals surface area contributed by atoms with Crippen molar-refractivity contribution < 1.29 is 4.74 Å². The lowest BCUT2D eigenvalue weighted by molar-refractivity contribution is 0.178. The second-order valence-electron chi connectivity index (χ2n) is 4.48. The summed E-state index contributed by atoms with van der Waals surface area (Å²) in [6.07, 6.45) is 0. The van der Waals surface area contributed by atoms with E-state index in [0.29, 0.717) is 12.4 Å². The first kappa shape index (κ1) is 14.8. The van der Waals surface area contributed by atoms with Gasteiger partial charge in [0.2, 0.25) is 0 Å². The number of anilines is 1. The largest absolute Gasteiger partial charge is 0.377 e. The van der Waals surface area contributed by atoms with Crippen LogP contribution in [0.15, 0.2) is 24.3 Å². The Kier molecular flexibility index (Phi) is 4.93. The summed E-state index contributed by atoms with van der Waals surface area (Å²) in [5.41, 5.74) is 2.86. The third-order valence-electron chi connectivity index (χ3n) is 2.87. The smallest absolute Gasteiger partial charge is 0.157 e. The van der Waals surface area contributed by atoms with Gasteiger partial charge in [0.05, 0.1) is 5.69 Å².